The molecule has 3 heterocycles. The van der Waals surface area contributed by atoms with E-state index in [0.717, 1.165) is 12.2 Å². The lowest BCUT2D eigenvalue weighted by molar-refractivity contribution is -0.141. The van der Waals surface area contributed by atoms with E-state index in [1.807, 2.05) is 6.92 Å². The van der Waals surface area contributed by atoms with Gasteiger partial charge in [-0.05, 0) is 19.1 Å². The van der Waals surface area contributed by atoms with E-state index in [9.17, 15) is 9.18 Å². The smallest absolute Gasteiger partial charge is 0.310 e. The summed E-state index contributed by atoms with van der Waals surface area (Å²) in [4.78, 5) is 18.3. The minimum Gasteiger partial charge on any atom is -0.465 e. The van der Waals surface area contributed by atoms with Crippen LogP contribution in [-0.4, -0.2) is 35.5 Å². The molecule has 1 aromatic carbocycles. The van der Waals surface area contributed by atoms with Crippen LogP contribution >= 0.6 is 0 Å². The van der Waals surface area contributed by atoms with E-state index in [0.29, 0.717) is 36.9 Å². The van der Waals surface area contributed by atoms with E-state index < -0.39 is 0 Å². The minimum absolute atomic E-state index is 0.0201. The Hall–Kier alpha value is -2.21. The van der Waals surface area contributed by atoms with Crippen molar-refractivity contribution in [1.82, 2.24) is 9.88 Å². The molecule has 120 valence electrons. The Balaban J connectivity index is 1.53. The number of esters is 1. The fraction of sp³-hybridized carbons (Fsp3) is 0.412. The van der Waals surface area contributed by atoms with E-state index >= 15 is 0 Å². The zero-order valence-corrected chi connectivity index (χ0v) is 12.8. The van der Waals surface area contributed by atoms with Crippen LogP contribution in [0.1, 0.15) is 11.5 Å². The maximum atomic E-state index is 13.9. The van der Waals surface area contributed by atoms with Crippen LogP contribution in [0.4, 0.5) is 4.39 Å². The monoisotopic (exact) mass is 316 g/mol. The number of likely N-dealkylation sites (tertiary alicyclic amines) is 1. The van der Waals surface area contributed by atoms with Gasteiger partial charge in [0.05, 0.1) is 23.8 Å². The van der Waals surface area contributed by atoms with Crippen LogP contribution in [0.2, 0.25) is 0 Å². The number of cyclic esters (lactones) is 1. The molecular weight excluding hydrogens is 299 g/mol. The second-order valence-electron chi connectivity index (χ2n) is 6.19. The SMILES string of the molecule is Cc1oc(-c2ccccc2F)nc1CN1C[C@@H]2COC(=O)[C@@H]2C1. The first-order valence-corrected chi connectivity index (χ1v) is 7.72. The summed E-state index contributed by atoms with van der Waals surface area (Å²) in [5.74, 6) is 0.798. The first-order chi connectivity index (χ1) is 11.1. The van der Waals surface area contributed by atoms with Crippen LogP contribution in [0.3, 0.4) is 0 Å². The summed E-state index contributed by atoms with van der Waals surface area (Å²) < 4.78 is 24.6. The third kappa shape index (κ3) is 2.53. The number of halogens is 1. The Labute approximate surface area is 133 Å². The van der Waals surface area contributed by atoms with Gasteiger partial charge in [-0.2, -0.15) is 0 Å². The van der Waals surface area contributed by atoms with Crippen molar-refractivity contribution >= 4 is 5.97 Å². The highest BCUT2D eigenvalue weighted by Gasteiger charge is 2.44. The Morgan fingerprint density at radius 1 is 1.35 bits per heavy atom. The van der Waals surface area contributed by atoms with Crippen LogP contribution in [0.5, 0.6) is 0 Å². The van der Waals surface area contributed by atoms with Crippen LogP contribution < -0.4 is 0 Å². The number of carbonyl (C=O) groups is 1. The maximum Gasteiger partial charge on any atom is 0.310 e. The predicted octanol–water partition coefficient (Wildman–Crippen LogP) is 2.39. The third-order valence-electron chi connectivity index (χ3n) is 4.63. The van der Waals surface area contributed by atoms with Gasteiger partial charge in [-0.15, -0.1) is 0 Å². The molecule has 0 spiro atoms. The number of carbonyl (C=O) groups excluding carboxylic acids is 1. The van der Waals surface area contributed by atoms with Crippen LogP contribution in [0.15, 0.2) is 28.7 Å². The molecule has 0 bridgehead atoms. The maximum absolute atomic E-state index is 13.9. The molecule has 2 aromatic rings. The first kappa shape index (κ1) is 14.4. The van der Waals surface area contributed by atoms with Crippen molar-refractivity contribution < 1.29 is 18.3 Å². The van der Waals surface area contributed by atoms with Crippen molar-refractivity contribution in [3.8, 4) is 11.5 Å². The van der Waals surface area contributed by atoms with Crippen molar-refractivity contribution in [3.05, 3.63) is 41.5 Å². The van der Waals surface area contributed by atoms with E-state index in [1.165, 1.54) is 6.07 Å². The Kier molecular flexibility index (Phi) is 3.41. The number of benzene rings is 1. The first-order valence-electron chi connectivity index (χ1n) is 7.72. The van der Waals surface area contributed by atoms with Gasteiger partial charge in [0.1, 0.15) is 11.6 Å². The van der Waals surface area contributed by atoms with Gasteiger partial charge >= 0.3 is 5.97 Å². The molecule has 23 heavy (non-hydrogen) atoms. The molecule has 1 aromatic heterocycles. The summed E-state index contributed by atoms with van der Waals surface area (Å²) in [6, 6.07) is 6.44. The number of nitrogens with zero attached hydrogens (tertiary/aromatic N) is 2. The van der Waals surface area contributed by atoms with Crippen molar-refractivity contribution in [2.24, 2.45) is 11.8 Å². The fourth-order valence-corrected chi connectivity index (χ4v) is 3.36. The fourth-order valence-electron chi connectivity index (χ4n) is 3.36. The summed E-state index contributed by atoms with van der Waals surface area (Å²) in [6.07, 6.45) is 0. The molecule has 2 aliphatic heterocycles. The molecule has 5 nitrogen and oxygen atoms in total. The van der Waals surface area contributed by atoms with E-state index in [1.54, 1.807) is 18.2 Å². The molecule has 6 heteroatoms. The lowest BCUT2D eigenvalue weighted by Crippen LogP contribution is -2.24. The average Bonchev–Trinajstić information content (AvgIpc) is 3.18. The van der Waals surface area contributed by atoms with Gasteiger partial charge < -0.3 is 9.15 Å². The minimum atomic E-state index is -0.348. The standard InChI is InChI=1S/C17H17FN2O3/c1-10-15(8-20-6-11-9-22-17(21)13(11)7-20)19-16(23-10)12-4-2-3-5-14(12)18/h2-5,11,13H,6-9H2,1H3/t11-,13-/m1/s1. The molecule has 2 fully saturated rings. The van der Waals surface area contributed by atoms with E-state index in [2.05, 4.69) is 9.88 Å². The van der Waals surface area contributed by atoms with Gasteiger partial charge in [-0.25, -0.2) is 9.37 Å². The normalized spacial score (nSPS) is 24.0. The molecule has 0 amide bonds. The van der Waals surface area contributed by atoms with Gasteiger partial charge in [0.2, 0.25) is 5.89 Å². The summed E-state index contributed by atoms with van der Waals surface area (Å²) in [7, 11) is 0. The second kappa shape index (κ2) is 5.45. The highest BCUT2D eigenvalue weighted by Crippen LogP contribution is 2.32. The Morgan fingerprint density at radius 2 is 2.17 bits per heavy atom. The molecule has 0 N–H and O–H groups in total. The number of aromatic nitrogens is 1. The van der Waals surface area contributed by atoms with Crippen molar-refractivity contribution in [3.63, 3.8) is 0 Å². The van der Waals surface area contributed by atoms with Crippen LogP contribution in [0.25, 0.3) is 11.5 Å². The summed E-state index contributed by atoms with van der Waals surface area (Å²) in [6.45, 7) is 4.45. The summed E-state index contributed by atoms with van der Waals surface area (Å²) in [5.41, 5.74) is 1.15. The Morgan fingerprint density at radius 3 is 2.96 bits per heavy atom. The zero-order chi connectivity index (χ0) is 16.0. The number of rotatable bonds is 3. The van der Waals surface area contributed by atoms with Crippen molar-refractivity contribution in [2.75, 3.05) is 19.7 Å². The largest absolute Gasteiger partial charge is 0.465 e. The number of oxazole rings is 1. The van der Waals surface area contributed by atoms with Crippen LogP contribution in [-0.2, 0) is 16.1 Å². The molecule has 0 aliphatic carbocycles. The van der Waals surface area contributed by atoms with Crippen LogP contribution in [0, 0.1) is 24.6 Å². The molecular formula is C17H17FN2O3. The average molecular weight is 316 g/mol. The topological polar surface area (TPSA) is 55.6 Å². The second-order valence-corrected chi connectivity index (χ2v) is 6.19. The molecule has 4 rings (SSSR count). The van der Waals surface area contributed by atoms with Gasteiger partial charge in [0, 0.05) is 25.6 Å². The van der Waals surface area contributed by atoms with Gasteiger partial charge in [0.15, 0.2) is 0 Å². The number of hydrogen-bond acceptors (Lipinski definition) is 5. The van der Waals surface area contributed by atoms with Gasteiger partial charge in [-0.1, -0.05) is 12.1 Å². The predicted molar refractivity (Wildman–Crippen MR) is 79.9 cm³/mol. The lowest BCUT2D eigenvalue weighted by Gasteiger charge is -2.14. The molecule has 0 unspecified atom stereocenters. The summed E-state index contributed by atoms with van der Waals surface area (Å²) in [5, 5.41) is 0. The van der Waals surface area contributed by atoms with Crippen molar-refractivity contribution in [2.45, 2.75) is 13.5 Å². The number of hydrogen-bond donors (Lipinski definition) is 0. The number of ether oxygens (including phenoxy) is 1. The zero-order valence-electron chi connectivity index (χ0n) is 12.8. The molecule has 2 atom stereocenters. The van der Waals surface area contributed by atoms with E-state index in [-0.39, 0.29) is 23.6 Å². The molecule has 0 saturated carbocycles. The lowest BCUT2D eigenvalue weighted by atomic mass is 10.0. The highest BCUT2D eigenvalue weighted by atomic mass is 19.1. The quantitative estimate of drug-likeness (QED) is 0.814. The van der Waals surface area contributed by atoms with Gasteiger partial charge in [-0.3, -0.25) is 9.69 Å². The van der Waals surface area contributed by atoms with Crippen molar-refractivity contribution in [1.29, 1.82) is 0 Å². The highest BCUT2D eigenvalue weighted by molar-refractivity contribution is 5.75. The number of aryl methyl sites for hydroxylation is 1. The van der Waals surface area contributed by atoms with E-state index in [4.69, 9.17) is 9.15 Å². The number of fused-ring (bicyclic) bond motifs is 1. The Bertz CT molecular complexity index is 758. The third-order valence-corrected chi connectivity index (χ3v) is 4.63. The molecule has 2 saturated heterocycles. The summed E-state index contributed by atoms with van der Waals surface area (Å²) >= 11 is 0. The van der Waals surface area contributed by atoms with Gasteiger partial charge in [0.25, 0.3) is 0 Å². The molecule has 0 radical (unpaired) electrons. The molecule has 2 aliphatic rings.